The van der Waals surface area contributed by atoms with Gasteiger partial charge in [0.05, 0.1) is 23.7 Å². The van der Waals surface area contributed by atoms with Crippen molar-refractivity contribution in [3.05, 3.63) is 77.1 Å². The number of nitrogens with zero attached hydrogens (tertiary/aromatic N) is 1. The number of pyridine rings is 1. The molecule has 2 amide bonds. The van der Waals surface area contributed by atoms with Crippen molar-refractivity contribution in [1.82, 2.24) is 15.6 Å². The number of aromatic nitrogens is 1. The topological polar surface area (TPSA) is 133 Å². The lowest BCUT2D eigenvalue weighted by Crippen LogP contribution is -2.49. The average molecular weight is 640 g/mol. The molecule has 1 aliphatic heterocycles. The van der Waals surface area contributed by atoms with Crippen LogP contribution in [0.5, 0.6) is 5.75 Å². The molecule has 0 saturated carbocycles. The normalized spacial score (nSPS) is 23.5. The number of halogens is 1. The van der Waals surface area contributed by atoms with E-state index in [9.17, 15) is 19.2 Å². The molecule has 2 heterocycles. The van der Waals surface area contributed by atoms with Gasteiger partial charge >= 0.3 is 11.9 Å². The zero-order valence-electron chi connectivity index (χ0n) is 26.3. The Balaban J connectivity index is 1.89. The smallest absolute Gasteiger partial charge is 0.347 e. The summed E-state index contributed by atoms with van der Waals surface area (Å²) < 4.78 is 16.8. The molecule has 242 valence electrons. The van der Waals surface area contributed by atoms with Gasteiger partial charge in [0.15, 0.2) is 6.10 Å². The van der Waals surface area contributed by atoms with Gasteiger partial charge in [-0.1, -0.05) is 63.6 Å². The van der Waals surface area contributed by atoms with Gasteiger partial charge in [-0.05, 0) is 54.3 Å². The highest BCUT2D eigenvalue weighted by atomic mass is 35.5. The first-order valence-electron chi connectivity index (χ1n) is 15.0. The van der Waals surface area contributed by atoms with Crippen molar-refractivity contribution in [2.45, 2.75) is 65.2 Å². The lowest BCUT2D eigenvalue weighted by atomic mass is 9.99. The number of carbonyl (C=O) groups is 4. The molecule has 0 bridgehead atoms. The van der Waals surface area contributed by atoms with Gasteiger partial charge in [0.25, 0.3) is 0 Å². The summed E-state index contributed by atoms with van der Waals surface area (Å²) in [5, 5.41) is 5.83. The molecule has 1 aromatic heterocycles. The molecule has 0 radical (unpaired) electrons. The number of carbonyl (C=O) groups excluding carboxylic acids is 4. The second-order valence-electron chi connectivity index (χ2n) is 11.5. The second-order valence-corrected chi connectivity index (χ2v) is 11.9. The maximum Gasteiger partial charge on any atom is 0.347 e. The summed E-state index contributed by atoms with van der Waals surface area (Å²) in [7, 11) is 1.50. The van der Waals surface area contributed by atoms with Crippen LogP contribution in [0.2, 0.25) is 5.02 Å². The standard InChI is InChI=1S/C34H42ClN3O7/c1-21(2)17-30-34(42)44-28(22(3)12-14-25-9-6-7-16-36-25)10-8-11-31(39)38-27(32(40)37-20-23(4)33(41)45-30)19-24-13-15-29(43-5)26(35)18-24/h6-9,11-16,18,21-23,27-28,30H,10,17,19-20H2,1-5H3,(H,37,40)(H,38,39)/b11-8-,14-12+/t22-,23-,27-,28+,30+/m1/s1. The third-order valence-electron chi connectivity index (χ3n) is 7.23. The van der Waals surface area contributed by atoms with Crippen LogP contribution >= 0.6 is 11.6 Å². The molecule has 1 aliphatic rings. The Kier molecular flexibility index (Phi) is 13.6. The van der Waals surface area contributed by atoms with Crippen LogP contribution in [-0.2, 0) is 35.1 Å². The molecule has 0 unspecified atom stereocenters. The molecule has 11 heteroatoms. The second kappa shape index (κ2) is 17.3. The summed E-state index contributed by atoms with van der Waals surface area (Å²) in [4.78, 5) is 57.0. The Labute approximate surface area is 269 Å². The monoisotopic (exact) mass is 639 g/mol. The Morgan fingerprint density at radius 1 is 1.09 bits per heavy atom. The van der Waals surface area contributed by atoms with Crippen molar-refractivity contribution in [3.63, 3.8) is 0 Å². The van der Waals surface area contributed by atoms with Gasteiger partial charge < -0.3 is 24.8 Å². The highest BCUT2D eigenvalue weighted by Crippen LogP contribution is 2.26. The maximum atomic E-state index is 13.4. The summed E-state index contributed by atoms with van der Waals surface area (Å²) in [5.74, 6) is -2.84. The number of ether oxygens (including phenoxy) is 3. The van der Waals surface area contributed by atoms with Gasteiger partial charge in [0.1, 0.15) is 17.9 Å². The van der Waals surface area contributed by atoms with Crippen molar-refractivity contribution in [2.24, 2.45) is 17.8 Å². The van der Waals surface area contributed by atoms with E-state index in [2.05, 4.69) is 15.6 Å². The van der Waals surface area contributed by atoms with E-state index < -0.39 is 47.9 Å². The number of rotatable bonds is 8. The number of methoxy groups -OCH3 is 1. The van der Waals surface area contributed by atoms with Crippen LogP contribution in [0.25, 0.3) is 6.08 Å². The van der Waals surface area contributed by atoms with E-state index in [0.29, 0.717) is 16.3 Å². The molecule has 5 atom stereocenters. The number of benzene rings is 1. The highest BCUT2D eigenvalue weighted by Gasteiger charge is 2.31. The van der Waals surface area contributed by atoms with Gasteiger partial charge in [0.2, 0.25) is 11.8 Å². The van der Waals surface area contributed by atoms with Crippen LogP contribution in [0.3, 0.4) is 0 Å². The minimum Gasteiger partial charge on any atom is -0.495 e. The molecule has 0 fully saturated rings. The first-order chi connectivity index (χ1) is 21.5. The molecule has 10 nitrogen and oxygen atoms in total. The van der Waals surface area contributed by atoms with Gasteiger partial charge in [-0.25, -0.2) is 4.79 Å². The van der Waals surface area contributed by atoms with E-state index in [1.807, 2.05) is 51.1 Å². The average Bonchev–Trinajstić information content (AvgIpc) is 3.01. The number of nitrogens with one attached hydrogen (secondary N) is 2. The minimum atomic E-state index is -1.13. The van der Waals surface area contributed by atoms with E-state index in [1.54, 1.807) is 37.4 Å². The zero-order chi connectivity index (χ0) is 32.9. The molecule has 2 aromatic rings. The van der Waals surface area contributed by atoms with Crippen LogP contribution < -0.4 is 15.4 Å². The summed E-state index contributed by atoms with van der Waals surface area (Å²) >= 11 is 6.29. The lowest BCUT2D eigenvalue weighted by molar-refractivity contribution is -0.175. The van der Waals surface area contributed by atoms with Gasteiger partial charge in [-0.2, -0.15) is 0 Å². The summed E-state index contributed by atoms with van der Waals surface area (Å²) in [6.45, 7) is 7.24. The molecular formula is C34H42ClN3O7. The first-order valence-corrected chi connectivity index (χ1v) is 15.4. The fraction of sp³-hybridized carbons (Fsp3) is 0.441. The molecular weight excluding hydrogens is 598 g/mol. The Hall–Kier alpha value is -4.18. The lowest BCUT2D eigenvalue weighted by Gasteiger charge is -2.26. The van der Waals surface area contributed by atoms with Crippen molar-refractivity contribution < 1.29 is 33.4 Å². The molecule has 0 saturated heterocycles. The molecule has 0 aliphatic carbocycles. The van der Waals surface area contributed by atoms with Crippen LogP contribution in [0, 0.1) is 17.8 Å². The minimum absolute atomic E-state index is 0.0340. The number of hydrogen-bond donors (Lipinski definition) is 2. The Bertz CT molecular complexity index is 1380. The fourth-order valence-electron chi connectivity index (χ4n) is 4.59. The SMILES string of the molecule is COc1ccc(C[C@H]2NC(=O)/C=C\C[C@@H]([C@H](C)/C=C/c3ccccn3)OC(=O)[C@H](CC(C)C)OC(=O)[C@H](C)CNC2=O)cc1Cl. The van der Waals surface area contributed by atoms with Gasteiger partial charge in [-0.15, -0.1) is 0 Å². The molecule has 45 heavy (non-hydrogen) atoms. The van der Waals surface area contributed by atoms with Crippen LogP contribution in [0.4, 0.5) is 0 Å². The van der Waals surface area contributed by atoms with Crippen molar-refractivity contribution in [2.75, 3.05) is 13.7 Å². The third kappa shape index (κ3) is 11.4. The predicted octanol–water partition coefficient (Wildman–Crippen LogP) is 4.70. The van der Waals surface area contributed by atoms with E-state index in [4.69, 9.17) is 25.8 Å². The maximum absolute atomic E-state index is 13.4. The van der Waals surface area contributed by atoms with Crippen LogP contribution in [0.1, 0.15) is 51.8 Å². The van der Waals surface area contributed by atoms with E-state index in [0.717, 1.165) is 5.69 Å². The van der Waals surface area contributed by atoms with E-state index >= 15 is 0 Å². The molecule has 1 aromatic carbocycles. The molecule has 3 rings (SSSR count). The zero-order valence-corrected chi connectivity index (χ0v) is 27.1. The number of amides is 2. The number of cyclic esters (lactones) is 2. The number of hydrogen-bond acceptors (Lipinski definition) is 8. The van der Waals surface area contributed by atoms with Crippen molar-refractivity contribution >= 4 is 41.4 Å². The van der Waals surface area contributed by atoms with E-state index in [-0.39, 0.29) is 37.6 Å². The number of esters is 2. The van der Waals surface area contributed by atoms with Gasteiger partial charge in [-0.3, -0.25) is 19.4 Å². The Morgan fingerprint density at radius 2 is 1.87 bits per heavy atom. The van der Waals surface area contributed by atoms with Crippen LogP contribution in [-0.4, -0.2) is 60.6 Å². The molecule has 0 spiro atoms. The molecule has 2 N–H and O–H groups in total. The third-order valence-corrected chi connectivity index (χ3v) is 7.53. The van der Waals surface area contributed by atoms with E-state index in [1.165, 1.54) is 13.2 Å². The summed E-state index contributed by atoms with van der Waals surface area (Å²) in [6.07, 6.45) is 7.08. The highest BCUT2D eigenvalue weighted by molar-refractivity contribution is 6.32. The fourth-order valence-corrected chi connectivity index (χ4v) is 4.87. The van der Waals surface area contributed by atoms with Crippen molar-refractivity contribution in [1.29, 1.82) is 0 Å². The Morgan fingerprint density at radius 3 is 2.53 bits per heavy atom. The summed E-state index contributed by atoms with van der Waals surface area (Å²) in [6, 6.07) is 9.68. The first kappa shape index (κ1) is 35.3. The van der Waals surface area contributed by atoms with Crippen molar-refractivity contribution in [3.8, 4) is 5.75 Å². The summed E-state index contributed by atoms with van der Waals surface area (Å²) in [5.41, 5.74) is 1.44. The predicted molar refractivity (Wildman–Crippen MR) is 171 cm³/mol. The quantitative estimate of drug-likeness (QED) is 0.397. The largest absolute Gasteiger partial charge is 0.495 e. The van der Waals surface area contributed by atoms with Gasteiger partial charge in [0, 0.05) is 31.5 Å². The van der Waals surface area contributed by atoms with Crippen LogP contribution in [0.15, 0.2) is 60.8 Å².